The summed E-state index contributed by atoms with van der Waals surface area (Å²) < 4.78 is 2.16. The molecule has 140 valence electrons. The Morgan fingerprint density at radius 3 is 2.42 bits per heavy atom. The van der Waals surface area contributed by atoms with Crippen molar-refractivity contribution in [2.24, 2.45) is 0 Å². The van der Waals surface area contributed by atoms with Crippen molar-refractivity contribution in [1.29, 1.82) is 0 Å². The lowest BCUT2D eigenvalue weighted by Crippen LogP contribution is -2.27. The molecular weight excluding hydrogens is 326 g/mol. The Morgan fingerprint density at radius 1 is 1.19 bits per heavy atom. The van der Waals surface area contributed by atoms with Crippen LogP contribution in [0.15, 0.2) is 30.3 Å². The quantitative estimate of drug-likeness (QED) is 0.839. The van der Waals surface area contributed by atoms with Gasteiger partial charge >= 0.3 is 0 Å². The molecule has 0 fully saturated rings. The number of carbonyl (C=O) groups excluding carboxylic acids is 2. The first-order chi connectivity index (χ1) is 12.2. The fourth-order valence-corrected chi connectivity index (χ4v) is 3.41. The Labute approximate surface area is 156 Å². The minimum absolute atomic E-state index is 0.0445. The molecule has 0 aliphatic heterocycles. The predicted molar refractivity (Wildman–Crippen MR) is 105 cm³/mol. The van der Waals surface area contributed by atoms with E-state index in [4.69, 9.17) is 0 Å². The number of nitrogens with zero attached hydrogens (tertiary/aromatic N) is 2. The summed E-state index contributed by atoms with van der Waals surface area (Å²) in [4.78, 5) is 26.1. The molecule has 1 aromatic carbocycles. The van der Waals surface area contributed by atoms with Crippen LogP contribution in [0.25, 0.3) is 0 Å². The smallest absolute Gasteiger partial charge is 0.257 e. The number of nitrogens with one attached hydrogen (secondary N) is 1. The first-order valence-corrected chi connectivity index (χ1v) is 9.08. The molecular formula is C21H29N3O2. The van der Waals surface area contributed by atoms with Gasteiger partial charge < -0.3 is 14.8 Å². The molecule has 1 heterocycles. The van der Waals surface area contributed by atoms with E-state index in [-0.39, 0.29) is 11.8 Å². The van der Waals surface area contributed by atoms with Crippen LogP contribution in [0.1, 0.15) is 61.0 Å². The van der Waals surface area contributed by atoms with E-state index in [0.717, 1.165) is 22.6 Å². The molecule has 5 heteroatoms. The van der Waals surface area contributed by atoms with E-state index in [2.05, 4.69) is 23.7 Å². The van der Waals surface area contributed by atoms with E-state index in [0.29, 0.717) is 24.7 Å². The zero-order valence-electron chi connectivity index (χ0n) is 16.6. The summed E-state index contributed by atoms with van der Waals surface area (Å²) >= 11 is 0. The number of hydrogen-bond donors (Lipinski definition) is 1. The molecule has 0 atom stereocenters. The van der Waals surface area contributed by atoms with Gasteiger partial charge in [0.05, 0.1) is 5.56 Å². The Bertz CT molecular complexity index is 806. The Hall–Kier alpha value is -2.56. The maximum atomic E-state index is 12.7. The van der Waals surface area contributed by atoms with Gasteiger partial charge in [-0.25, -0.2) is 0 Å². The van der Waals surface area contributed by atoms with Gasteiger partial charge in [-0.1, -0.05) is 12.1 Å². The van der Waals surface area contributed by atoms with Crippen LogP contribution in [0.2, 0.25) is 0 Å². The average molecular weight is 355 g/mol. The van der Waals surface area contributed by atoms with Gasteiger partial charge in [-0.15, -0.1) is 0 Å². The molecule has 0 spiro atoms. The molecule has 0 aliphatic rings. The highest BCUT2D eigenvalue weighted by atomic mass is 16.2. The monoisotopic (exact) mass is 355 g/mol. The average Bonchev–Trinajstić information content (AvgIpc) is 2.87. The van der Waals surface area contributed by atoms with E-state index in [1.54, 1.807) is 11.8 Å². The summed E-state index contributed by atoms with van der Waals surface area (Å²) in [7, 11) is 0. The van der Waals surface area contributed by atoms with Gasteiger partial charge in [0.15, 0.2) is 0 Å². The summed E-state index contributed by atoms with van der Waals surface area (Å²) in [5.74, 6) is -0.0656. The third-order valence-corrected chi connectivity index (χ3v) is 4.63. The van der Waals surface area contributed by atoms with E-state index < -0.39 is 0 Å². The molecule has 0 unspecified atom stereocenters. The second-order valence-corrected chi connectivity index (χ2v) is 6.94. The number of amides is 2. The minimum Gasteiger partial charge on any atom is -0.346 e. The summed E-state index contributed by atoms with van der Waals surface area (Å²) in [6.07, 6.45) is 0. The second-order valence-electron chi connectivity index (χ2n) is 6.94. The summed E-state index contributed by atoms with van der Waals surface area (Å²) in [5, 5.41) is 2.98. The number of anilines is 1. The molecule has 1 aromatic heterocycles. The van der Waals surface area contributed by atoms with Crippen LogP contribution in [0.3, 0.4) is 0 Å². The number of carbonyl (C=O) groups is 2. The lowest BCUT2D eigenvalue weighted by molar-refractivity contribution is -0.129. The van der Waals surface area contributed by atoms with Crippen molar-refractivity contribution in [3.8, 4) is 0 Å². The molecule has 2 rings (SSSR count). The summed E-state index contributed by atoms with van der Waals surface area (Å²) in [6, 6.07) is 9.90. The van der Waals surface area contributed by atoms with Gasteiger partial charge in [0.2, 0.25) is 5.91 Å². The van der Waals surface area contributed by atoms with Gasteiger partial charge in [0.25, 0.3) is 5.91 Å². The largest absolute Gasteiger partial charge is 0.346 e. The summed E-state index contributed by atoms with van der Waals surface area (Å²) in [5.41, 5.74) is 4.48. The fraction of sp³-hybridized carbons (Fsp3) is 0.429. The van der Waals surface area contributed by atoms with Crippen molar-refractivity contribution in [3.63, 3.8) is 0 Å². The molecule has 0 saturated carbocycles. The third-order valence-electron chi connectivity index (χ3n) is 4.63. The normalized spacial score (nSPS) is 10.9. The van der Waals surface area contributed by atoms with Crippen LogP contribution < -0.4 is 5.32 Å². The Kier molecular flexibility index (Phi) is 6.24. The van der Waals surface area contributed by atoms with Crippen LogP contribution in [0.4, 0.5) is 5.69 Å². The van der Waals surface area contributed by atoms with E-state index >= 15 is 0 Å². The third kappa shape index (κ3) is 4.34. The molecule has 0 bridgehead atoms. The Balaban J connectivity index is 2.19. The van der Waals surface area contributed by atoms with Gasteiger partial charge in [-0.05, 0) is 58.4 Å². The zero-order valence-corrected chi connectivity index (χ0v) is 16.6. The van der Waals surface area contributed by atoms with Crippen LogP contribution in [0.5, 0.6) is 0 Å². The lowest BCUT2D eigenvalue weighted by Gasteiger charge is -2.19. The minimum atomic E-state index is -0.110. The number of hydrogen-bond acceptors (Lipinski definition) is 2. The highest BCUT2D eigenvalue weighted by molar-refractivity contribution is 6.05. The van der Waals surface area contributed by atoms with E-state index in [1.807, 2.05) is 51.1 Å². The topological polar surface area (TPSA) is 54.3 Å². The number of aromatic nitrogens is 1. The second kappa shape index (κ2) is 8.21. The van der Waals surface area contributed by atoms with Crippen molar-refractivity contribution in [2.75, 3.05) is 11.9 Å². The highest BCUT2D eigenvalue weighted by Gasteiger charge is 2.17. The van der Waals surface area contributed by atoms with Gasteiger partial charge in [-0.2, -0.15) is 0 Å². The maximum absolute atomic E-state index is 12.7. The van der Waals surface area contributed by atoms with Crippen LogP contribution in [-0.2, 0) is 11.3 Å². The first-order valence-electron chi connectivity index (χ1n) is 9.08. The van der Waals surface area contributed by atoms with Gasteiger partial charge in [0.1, 0.15) is 0 Å². The van der Waals surface area contributed by atoms with E-state index in [1.165, 1.54) is 0 Å². The highest BCUT2D eigenvalue weighted by Crippen LogP contribution is 2.21. The molecule has 26 heavy (non-hydrogen) atoms. The van der Waals surface area contributed by atoms with Crippen molar-refractivity contribution in [3.05, 3.63) is 52.8 Å². The van der Waals surface area contributed by atoms with Crippen molar-refractivity contribution < 1.29 is 9.59 Å². The molecule has 1 N–H and O–H groups in total. The van der Waals surface area contributed by atoms with Gasteiger partial charge in [0, 0.05) is 43.1 Å². The molecule has 2 amide bonds. The van der Waals surface area contributed by atoms with Gasteiger partial charge in [-0.3, -0.25) is 9.59 Å². The molecule has 2 aromatic rings. The lowest BCUT2D eigenvalue weighted by atomic mass is 10.1. The van der Waals surface area contributed by atoms with E-state index in [9.17, 15) is 9.59 Å². The van der Waals surface area contributed by atoms with Crippen LogP contribution >= 0.6 is 0 Å². The Morgan fingerprint density at radius 2 is 1.88 bits per heavy atom. The predicted octanol–water partition coefficient (Wildman–Crippen LogP) is 4.31. The van der Waals surface area contributed by atoms with Crippen molar-refractivity contribution in [2.45, 2.75) is 54.1 Å². The summed E-state index contributed by atoms with van der Waals surface area (Å²) in [6.45, 7) is 12.9. The molecule has 5 nitrogen and oxygen atoms in total. The maximum Gasteiger partial charge on any atom is 0.257 e. The molecule has 0 radical (unpaired) electrons. The zero-order chi connectivity index (χ0) is 19.4. The van der Waals surface area contributed by atoms with Crippen molar-refractivity contribution in [1.82, 2.24) is 9.47 Å². The van der Waals surface area contributed by atoms with Crippen LogP contribution in [-0.4, -0.2) is 27.8 Å². The number of aryl methyl sites for hydroxylation is 1. The molecule has 0 saturated heterocycles. The number of rotatable bonds is 6. The standard InChI is InChI=1S/C21H29N3O2/c1-7-23(17(6)25)13-18-9-8-10-19(12-18)22-21(26)20-11-15(4)24(14(2)3)16(20)5/h8-12,14H,7,13H2,1-6H3,(H,22,26). The van der Waals surface area contributed by atoms with Crippen molar-refractivity contribution >= 4 is 17.5 Å². The molecule has 0 aliphatic carbocycles. The number of benzene rings is 1. The first kappa shape index (κ1) is 19.8. The van der Waals surface area contributed by atoms with Crippen LogP contribution in [0, 0.1) is 13.8 Å². The fourth-order valence-electron chi connectivity index (χ4n) is 3.41. The SMILES string of the molecule is CCN(Cc1cccc(NC(=O)c2cc(C)n(C(C)C)c2C)c1)C(C)=O.